The van der Waals surface area contributed by atoms with Gasteiger partial charge in [0.25, 0.3) is 15.9 Å². The van der Waals surface area contributed by atoms with Crippen LogP contribution in [0.1, 0.15) is 18.1 Å². The molecule has 0 spiro atoms. The summed E-state index contributed by atoms with van der Waals surface area (Å²) in [6.45, 7) is 3.94. The van der Waals surface area contributed by atoms with Crippen molar-refractivity contribution in [1.82, 2.24) is 5.43 Å². The zero-order valence-corrected chi connectivity index (χ0v) is 20.8. The summed E-state index contributed by atoms with van der Waals surface area (Å²) in [6, 6.07) is 18.2. The van der Waals surface area contributed by atoms with Gasteiger partial charge in [-0.05, 0) is 61.9 Å². The van der Waals surface area contributed by atoms with E-state index in [2.05, 4.69) is 10.5 Å². The quantitative estimate of drug-likeness (QED) is 0.378. The van der Waals surface area contributed by atoms with Crippen LogP contribution in [-0.2, 0) is 14.8 Å². The summed E-state index contributed by atoms with van der Waals surface area (Å²) < 4.78 is 39.1. The highest BCUT2D eigenvalue weighted by Gasteiger charge is 2.28. The summed E-state index contributed by atoms with van der Waals surface area (Å²) in [5.41, 5.74) is 4.67. The molecule has 1 aliphatic heterocycles. The molecule has 0 radical (unpaired) electrons. The van der Waals surface area contributed by atoms with Crippen molar-refractivity contribution in [3.05, 3.63) is 82.9 Å². The van der Waals surface area contributed by atoms with Crippen LogP contribution in [0.3, 0.4) is 0 Å². The Hall–Kier alpha value is -3.56. The second kappa shape index (κ2) is 10.4. The zero-order chi connectivity index (χ0) is 25.0. The van der Waals surface area contributed by atoms with Crippen LogP contribution in [0.25, 0.3) is 0 Å². The molecule has 0 bridgehead atoms. The summed E-state index contributed by atoms with van der Waals surface area (Å²) in [7, 11) is -4.05. The Kier molecular flexibility index (Phi) is 7.28. The number of nitrogens with one attached hydrogen (secondary N) is 1. The fourth-order valence-electron chi connectivity index (χ4n) is 3.52. The van der Waals surface area contributed by atoms with E-state index in [1.54, 1.807) is 62.4 Å². The van der Waals surface area contributed by atoms with Crippen LogP contribution >= 0.6 is 11.6 Å². The van der Waals surface area contributed by atoms with E-state index in [0.29, 0.717) is 46.7 Å². The average Bonchev–Trinajstić information content (AvgIpc) is 2.87. The van der Waals surface area contributed by atoms with E-state index in [1.165, 1.54) is 18.2 Å². The van der Waals surface area contributed by atoms with Crippen molar-refractivity contribution >= 4 is 38.9 Å². The van der Waals surface area contributed by atoms with Crippen LogP contribution in [0.2, 0.25) is 5.02 Å². The summed E-state index contributed by atoms with van der Waals surface area (Å²) in [4.78, 5) is 12.9. The summed E-state index contributed by atoms with van der Waals surface area (Å²) in [5.74, 6) is 0.641. The number of amides is 1. The van der Waals surface area contributed by atoms with Crippen molar-refractivity contribution in [2.75, 3.05) is 24.1 Å². The molecule has 3 aromatic carbocycles. The molecule has 0 saturated carbocycles. The minimum absolute atomic E-state index is 0.0585. The summed E-state index contributed by atoms with van der Waals surface area (Å²) in [6.07, 6.45) is 0. The van der Waals surface area contributed by atoms with Gasteiger partial charge >= 0.3 is 0 Å². The predicted molar refractivity (Wildman–Crippen MR) is 135 cm³/mol. The van der Waals surface area contributed by atoms with Gasteiger partial charge in [-0.1, -0.05) is 35.9 Å². The molecular formula is C25H24ClN3O5S. The standard InChI is InChI=1S/C25H24ClN3O5S/c1-17-8-10-20(26)15-22(17)29(35(31,32)21-6-4-3-5-7-21)16-25(30)28-27-18(2)19-9-11-23-24(14-19)34-13-12-33-23/h3-11,14-15H,12-13,16H2,1-2H3,(H,28,30)/b27-18-. The first-order chi connectivity index (χ1) is 16.8. The average molecular weight is 514 g/mol. The highest BCUT2D eigenvalue weighted by molar-refractivity contribution is 7.92. The van der Waals surface area contributed by atoms with Crippen LogP contribution in [0, 0.1) is 6.92 Å². The number of carbonyl (C=O) groups is 1. The molecule has 35 heavy (non-hydrogen) atoms. The molecule has 1 amide bonds. The number of carbonyl (C=O) groups excluding carboxylic acids is 1. The van der Waals surface area contributed by atoms with Gasteiger partial charge in [0.15, 0.2) is 11.5 Å². The molecule has 0 aromatic heterocycles. The number of hydrogen-bond donors (Lipinski definition) is 1. The Morgan fingerprint density at radius 3 is 2.49 bits per heavy atom. The lowest BCUT2D eigenvalue weighted by atomic mass is 10.1. The fourth-order valence-corrected chi connectivity index (χ4v) is 5.18. The summed E-state index contributed by atoms with van der Waals surface area (Å²) in [5, 5.41) is 4.51. The monoisotopic (exact) mass is 513 g/mol. The van der Waals surface area contributed by atoms with Crippen LogP contribution in [0.4, 0.5) is 5.69 Å². The number of aryl methyl sites for hydroxylation is 1. The second-order valence-corrected chi connectivity index (χ2v) is 10.1. The van der Waals surface area contributed by atoms with Gasteiger partial charge in [-0.25, -0.2) is 13.8 Å². The fraction of sp³-hybridized carbons (Fsp3) is 0.200. The van der Waals surface area contributed by atoms with Crippen molar-refractivity contribution in [2.45, 2.75) is 18.7 Å². The predicted octanol–water partition coefficient (Wildman–Crippen LogP) is 4.16. The normalized spacial score (nSPS) is 13.3. The highest BCUT2D eigenvalue weighted by Crippen LogP contribution is 2.31. The maximum atomic E-state index is 13.5. The lowest BCUT2D eigenvalue weighted by Crippen LogP contribution is -2.40. The molecule has 0 fully saturated rings. The molecule has 8 nitrogen and oxygen atoms in total. The van der Waals surface area contributed by atoms with Crippen molar-refractivity contribution in [3.63, 3.8) is 0 Å². The first-order valence-corrected chi connectivity index (χ1v) is 12.6. The number of halogens is 1. The molecule has 0 saturated heterocycles. The van der Waals surface area contributed by atoms with E-state index >= 15 is 0 Å². The van der Waals surface area contributed by atoms with E-state index in [0.717, 1.165) is 9.87 Å². The molecule has 0 unspecified atom stereocenters. The third-order valence-electron chi connectivity index (χ3n) is 5.37. The topological polar surface area (TPSA) is 97.3 Å². The van der Waals surface area contributed by atoms with E-state index in [4.69, 9.17) is 21.1 Å². The van der Waals surface area contributed by atoms with Crippen molar-refractivity contribution < 1.29 is 22.7 Å². The lowest BCUT2D eigenvalue weighted by Gasteiger charge is -2.25. The minimum atomic E-state index is -4.05. The number of fused-ring (bicyclic) bond motifs is 1. The maximum absolute atomic E-state index is 13.5. The molecule has 10 heteroatoms. The van der Waals surface area contributed by atoms with Gasteiger partial charge in [0.05, 0.1) is 16.3 Å². The number of hydrazone groups is 1. The van der Waals surface area contributed by atoms with Crippen LogP contribution in [-0.4, -0.2) is 39.8 Å². The Morgan fingerprint density at radius 1 is 1.03 bits per heavy atom. The molecule has 0 aliphatic carbocycles. The molecule has 1 aliphatic rings. The molecule has 1 heterocycles. The Bertz CT molecular complexity index is 1380. The number of sulfonamides is 1. The largest absolute Gasteiger partial charge is 0.486 e. The highest BCUT2D eigenvalue weighted by atomic mass is 35.5. The Balaban J connectivity index is 1.58. The number of benzene rings is 3. The number of nitrogens with zero attached hydrogens (tertiary/aromatic N) is 2. The first kappa shape index (κ1) is 24.6. The van der Waals surface area contributed by atoms with E-state index in [1.807, 2.05) is 0 Å². The lowest BCUT2D eigenvalue weighted by molar-refractivity contribution is -0.119. The summed E-state index contributed by atoms with van der Waals surface area (Å²) >= 11 is 6.15. The third kappa shape index (κ3) is 5.58. The van der Waals surface area contributed by atoms with Gasteiger partial charge in [0.1, 0.15) is 19.8 Å². The van der Waals surface area contributed by atoms with Gasteiger partial charge < -0.3 is 9.47 Å². The van der Waals surface area contributed by atoms with Crippen LogP contribution in [0.15, 0.2) is 76.7 Å². The first-order valence-electron chi connectivity index (χ1n) is 10.8. The van der Waals surface area contributed by atoms with E-state index in [-0.39, 0.29) is 4.90 Å². The number of hydrogen-bond acceptors (Lipinski definition) is 6. The molecule has 4 rings (SSSR count). The van der Waals surface area contributed by atoms with Crippen molar-refractivity contribution in [2.24, 2.45) is 5.10 Å². The second-order valence-electron chi connectivity index (χ2n) is 7.85. The van der Waals surface area contributed by atoms with E-state index < -0.39 is 22.5 Å². The van der Waals surface area contributed by atoms with Gasteiger partial charge in [-0.2, -0.15) is 5.10 Å². The maximum Gasteiger partial charge on any atom is 0.264 e. The SMILES string of the molecule is C/C(=N/NC(=O)CN(c1cc(Cl)ccc1C)S(=O)(=O)c1ccccc1)c1ccc2c(c1)OCCO2. The number of rotatable bonds is 7. The van der Waals surface area contributed by atoms with Gasteiger partial charge in [-0.15, -0.1) is 0 Å². The van der Waals surface area contributed by atoms with Crippen LogP contribution in [0.5, 0.6) is 11.5 Å². The molecule has 0 atom stereocenters. The molecule has 1 N–H and O–H groups in total. The van der Waals surface area contributed by atoms with Gasteiger partial charge in [0, 0.05) is 10.6 Å². The molecular weight excluding hydrogens is 490 g/mol. The minimum Gasteiger partial charge on any atom is -0.486 e. The molecule has 182 valence electrons. The third-order valence-corrected chi connectivity index (χ3v) is 7.38. The van der Waals surface area contributed by atoms with Gasteiger partial charge in [0.2, 0.25) is 0 Å². The van der Waals surface area contributed by atoms with Gasteiger partial charge in [-0.3, -0.25) is 9.10 Å². The Morgan fingerprint density at radius 2 is 1.74 bits per heavy atom. The van der Waals surface area contributed by atoms with Crippen molar-refractivity contribution in [1.29, 1.82) is 0 Å². The zero-order valence-electron chi connectivity index (χ0n) is 19.2. The molecule has 3 aromatic rings. The van der Waals surface area contributed by atoms with E-state index in [9.17, 15) is 13.2 Å². The number of ether oxygens (including phenoxy) is 2. The Labute approximate surface area is 209 Å². The smallest absolute Gasteiger partial charge is 0.264 e. The van der Waals surface area contributed by atoms with Crippen molar-refractivity contribution in [3.8, 4) is 11.5 Å². The number of anilines is 1. The van der Waals surface area contributed by atoms with Crippen LogP contribution < -0.4 is 19.2 Å².